The molecule has 0 aromatic heterocycles. The summed E-state index contributed by atoms with van der Waals surface area (Å²) in [4.78, 5) is 23.0. The molecule has 4 nitrogen and oxygen atoms in total. The Morgan fingerprint density at radius 1 is 0.960 bits per heavy atom. The summed E-state index contributed by atoms with van der Waals surface area (Å²) in [6.07, 6.45) is -4.93. The maximum Gasteiger partial charge on any atom is 0.471 e. The number of hydrogen-bond acceptors (Lipinski definition) is 2. The number of anilines is 1. The van der Waals surface area contributed by atoms with Crippen LogP contribution in [0.15, 0.2) is 42.5 Å². The van der Waals surface area contributed by atoms with Crippen LogP contribution in [0.4, 0.5) is 18.9 Å². The lowest BCUT2D eigenvalue weighted by Gasteiger charge is -2.10. The summed E-state index contributed by atoms with van der Waals surface area (Å²) in [6, 6.07) is 11.2. The molecule has 132 valence electrons. The Balaban J connectivity index is 1.94. The smallest absolute Gasteiger partial charge is 0.348 e. The molecule has 0 bridgehead atoms. The number of carbonyl (C=O) groups is 2. The highest BCUT2D eigenvalue weighted by atomic mass is 19.4. The van der Waals surface area contributed by atoms with Crippen LogP contribution in [0, 0.1) is 13.8 Å². The van der Waals surface area contributed by atoms with E-state index in [-0.39, 0.29) is 18.1 Å². The molecule has 2 amide bonds. The first kappa shape index (κ1) is 18.5. The van der Waals surface area contributed by atoms with E-state index >= 15 is 0 Å². The first-order chi connectivity index (χ1) is 11.7. The van der Waals surface area contributed by atoms with Crippen LogP contribution in [0.3, 0.4) is 0 Å². The number of halogens is 3. The van der Waals surface area contributed by atoms with E-state index in [4.69, 9.17) is 0 Å². The SMILES string of the molecule is Cc1ccc(C(=O)NCc2ccc(NC(=O)C(F)(F)F)cc2)cc1C. The predicted octanol–water partition coefficient (Wildman–Crippen LogP) is 3.73. The molecule has 25 heavy (non-hydrogen) atoms. The van der Waals surface area contributed by atoms with Crippen molar-refractivity contribution in [3.05, 3.63) is 64.7 Å². The minimum atomic E-state index is -4.93. The Kier molecular flexibility index (Phi) is 5.46. The Bertz CT molecular complexity index is 784. The fourth-order valence-electron chi connectivity index (χ4n) is 2.07. The fourth-order valence-corrected chi connectivity index (χ4v) is 2.07. The second-order valence-corrected chi connectivity index (χ2v) is 5.63. The molecule has 0 unspecified atom stereocenters. The number of rotatable bonds is 4. The number of aryl methyl sites for hydroxylation is 2. The van der Waals surface area contributed by atoms with Crippen molar-refractivity contribution < 1.29 is 22.8 Å². The van der Waals surface area contributed by atoms with Crippen molar-refractivity contribution in [1.82, 2.24) is 5.32 Å². The maximum atomic E-state index is 12.2. The Hall–Kier alpha value is -2.83. The van der Waals surface area contributed by atoms with Crippen molar-refractivity contribution in [2.24, 2.45) is 0 Å². The standard InChI is InChI=1S/C18H17F3N2O2/c1-11-3-6-14(9-12(11)2)16(24)22-10-13-4-7-15(8-5-13)23-17(25)18(19,20)21/h3-9H,10H2,1-2H3,(H,22,24)(H,23,25). The molecule has 0 radical (unpaired) electrons. The maximum absolute atomic E-state index is 12.2. The molecule has 2 aromatic rings. The summed E-state index contributed by atoms with van der Waals surface area (Å²) in [7, 11) is 0. The number of nitrogens with one attached hydrogen (secondary N) is 2. The van der Waals surface area contributed by atoms with Crippen LogP contribution < -0.4 is 10.6 Å². The van der Waals surface area contributed by atoms with Gasteiger partial charge < -0.3 is 10.6 Å². The highest BCUT2D eigenvalue weighted by Gasteiger charge is 2.38. The normalized spacial score (nSPS) is 11.1. The monoisotopic (exact) mass is 350 g/mol. The van der Waals surface area contributed by atoms with Gasteiger partial charge >= 0.3 is 12.1 Å². The van der Waals surface area contributed by atoms with Crippen molar-refractivity contribution in [2.75, 3.05) is 5.32 Å². The lowest BCUT2D eigenvalue weighted by atomic mass is 10.1. The molecule has 2 aromatic carbocycles. The van der Waals surface area contributed by atoms with Crippen molar-refractivity contribution in [2.45, 2.75) is 26.6 Å². The van der Waals surface area contributed by atoms with Gasteiger partial charge in [0.05, 0.1) is 0 Å². The molecule has 0 saturated heterocycles. The summed E-state index contributed by atoms with van der Waals surface area (Å²) < 4.78 is 36.5. The number of alkyl halides is 3. The topological polar surface area (TPSA) is 58.2 Å². The minimum absolute atomic E-state index is 0.0339. The van der Waals surface area contributed by atoms with Gasteiger partial charge in [0.2, 0.25) is 0 Å². The Morgan fingerprint density at radius 3 is 2.16 bits per heavy atom. The molecule has 0 fully saturated rings. The highest BCUT2D eigenvalue weighted by Crippen LogP contribution is 2.18. The van der Waals surface area contributed by atoms with Crippen LogP contribution in [0.25, 0.3) is 0 Å². The minimum Gasteiger partial charge on any atom is -0.348 e. The highest BCUT2D eigenvalue weighted by molar-refractivity contribution is 5.95. The lowest BCUT2D eigenvalue weighted by molar-refractivity contribution is -0.167. The van der Waals surface area contributed by atoms with Crippen LogP contribution in [-0.4, -0.2) is 18.0 Å². The van der Waals surface area contributed by atoms with Gasteiger partial charge in [-0.3, -0.25) is 9.59 Å². The summed E-state index contributed by atoms with van der Waals surface area (Å²) in [6.45, 7) is 4.09. The second kappa shape index (κ2) is 7.38. The third-order valence-corrected chi connectivity index (χ3v) is 3.69. The van der Waals surface area contributed by atoms with Gasteiger partial charge in [-0.15, -0.1) is 0 Å². The van der Waals surface area contributed by atoms with Gasteiger partial charge in [0.1, 0.15) is 0 Å². The van der Waals surface area contributed by atoms with Crippen LogP contribution in [0.5, 0.6) is 0 Å². The molecule has 0 atom stereocenters. The molecule has 0 heterocycles. The quantitative estimate of drug-likeness (QED) is 0.883. The predicted molar refractivity (Wildman–Crippen MR) is 88.2 cm³/mol. The van der Waals surface area contributed by atoms with Gasteiger partial charge in [-0.2, -0.15) is 13.2 Å². The van der Waals surface area contributed by atoms with Crippen LogP contribution in [-0.2, 0) is 11.3 Å². The lowest BCUT2D eigenvalue weighted by Crippen LogP contribution is -2.29. The van der Waals surface area contributed by atoms with E-state index < -0.39 is 12.1 Å². The second-order valence-electron chi connectivity index (χ2n) is 5.63. The van der Waals surface area contributed by atoms with E-state index in [1.165, 1.54) is 24.3 Å². The molecule has 0 aliphatic heterocycles. The molecule has 7 heteroatoms. The van der Waals surface area contributed by atoms with E-state index in [9.17, 15) is 22.8 Å². The van der Waals surface area contributed by atoms with Crippen molar-refractivity contribution in [3.8, 4) is 0 Å². The van der Waals surface area contributed by atoms with Crippen LogP contribution in [0.2, 0.25) is 0 Å². The van der Waals surface area contributed by atoms with Gasteiger partial charge in [-0.1, -0.05) is 18.2 Å². The molecule has 0 saturated carbocycles. The number of carbonyl (C=O) groups excluding carboxylic acids is 2. The zero-order chi connectivity index (χ0) is 18.6. The van der Waals surface area contributed by atoms with Gasteiger partial charge in [0, 0.05) is 17.8 Å². The van der Waals surface area contributed by atoms with Crippen molar-refractivity contribution >= 4 is 17.5 Å². The average Bonchev–Trinajstić information content (AvgIpc) is 2.55. The Morgan fingerprint density at radius 2 is 1.60 bits per heavy atom. The van der Waals surface area contributed by atoms with Crippen LogP contribution >= 0.6 is 0 Å². The fraction of sp³-hybridized carbons (Fsp3) is 0.222. The molecule has 2 rings (SSSR count). The van der Waals surface area contributed by atoms with E-state index in [0.29, 0.717) is 11.1 Å². The van der Waals surface area contributed by atoms with Crippen molar-refractivity contribution in [3.63, 3.8) is 0 Å². The zero-order valence-corrected chi connectivity index (χ0v) is 13.7. The van der Waals surface area contributed by atoms with E-state index in [1.807, 2.05) is 19.9 Å². The third-order valence-electron chi connectivity index (χ3n) is 3.69. The van der Waals surface area contributed by atoms with E-state index in [0.717, 1.165) is 11.1 Å². The summed E-state index contributed by atoms with van der Waals surface area (Å²) in [5.41, 5.74) is 3.37. The summed E-state index contributed by atoms with van der Waals surface area (Å²) in [5.74, 6) is -2.26. The van der Waals surface area contributed by atoms with Gasteiger partial charge in [-0.05, 0) is 54.8 Å². The van der Waals surface area contributed by atoms with Gasteiger partial charge in [-0.25, -0.2) is 0 Å². The molecule has 0 aliphatic carbocycles. The molecular weight excluding hydrogens is 333 g/mol. The molecule has 0 spiro atoms. The van der Waals surface area contributed by atoms with E-state index in [1.54, 1.807) is 17.4 Å². The number of hydrogen-bond donors (Lipinski definition) is 2. The summed E-state index contributed by atoms with van der Waals surface area (Å²) in [5, 5.41) is 4.50. The van der Waals surface area contributed by atoms with Crippen LogP contribution in [0.1, 0.15) is 27.0 Å². The Labute approximate surface area is 143 Å². The number of amides is 2. The first-order valence-electron chi connectivity index (χ1n) is 7.49. The average molecular weight is 350 g/mol. The zero-order valence-electron chi connectivity index (χ0n) is 13.7. The molecule has 2 N–H and O–H groups in total. The van der Waals surface area contributed by atoms with E-state index in [2.05, 4.69) is 5.32 Å². The first-order valence-corrected chi connectivity index (χ1v) is 7.49. The van der Waals surface area contributed by atoms with Crippen molar-refractivity contribution in [1.29, 1.82) is 0 Å². The molecule has 0 aliphatic rings. The van der Waals surface area contributed by atoms with Gasteiger partial charge in [0.25, 0.3) is 5.91 Å². The largest absolute Gasteiger partial charge is 0.471 e. The summed E-state index contributed by atoms with van der Waals surface area (Å²) >= 11 is 0. The third kappa shape index (κ3) is 5.07. The number of benzene rings is 2. The van der Waals surface area contributed by atoms with Gasteiger partial charge in [0.15, 0.2) is 0 Å². The molecular formula is C18H17F3N2O2.